The Balaban J connectivity index is 1.71. The van der Waals surface area contributed by atoms with Crippen LogP contribution in [0.2, 0.25) is 5.02 Å². The first-order valence-corrected chi connectivity index (χ1v) is 11.3. The van der Waals surface area contributed by atoms with Crippen molar-refractivity contribution in [1.29, 1.82) is 0 Å². The van der Waals surface area contributed by atoms with Crippen molar-refractivity contribution >= 4 is 44.0 Å². The van der Waals surface area contributed by atoms with E-state index in [-0.39, 0.29) is 16.2 Å². The van der Waals surface area contributed by atoms with E-state index >= 15 is 0 Å². The van der Waals surface area contributed by atoms with E-state index in [1.165, 1.54) is 6.33 Å². The fraction of sp³-hybridized carbons (Fsp3) is 0.222. The van der Waals surface area contributed by atoms with Gasteiger partial charge < -0.3 is 10.6 Å². The number of nitrogens with one attached hydrogen (secondary N) is 3. The van der Waals surface area contributed by atoms with E-state index in [0.717, 1.165) is 35.6 Å². The Kier molecular flexibility index (Phi) is 7.01. The van der Waals surface area contributed by atoms with Crippen LogP contribution in [0.15, 0.2) is 53.7 Å². The van der Waals surface area contributed by atoms with Crippen LogP contribution in [0.25, 0.3) is 0 Å². The van der Waals surface area contributed by atoms with Crippen LogP contribution in [0.3, 0.4) is 0 Å². The van der Waals surface area contributed by atoms with Crippen LogP contribution < -0.4 is 15.4 Å². The number of likely N-dealkylation sites (N-methyl/N-ethyl adjacent to an activating group) is 1. The van der Waals surface area contributed by atoms with Crippen molar-refractivity contribution in [2.45, 2.75) is 17.4 Å². The minimum Gasteiger partial charge on any atom is -0.382 e. The van der Waals surface area contributed by atoms with Crippen molar-refractivity contribution in [3.63, 3.8) is 0 Å². The summed E-state index contributed by atoms with van der Waals surface area (Å²) in [6.07, 6.45) is 1.97. The van der Waals surface area contributed by atoms with Crippen molar-refractivity contribution in [3.05, 3.63) is 65.2 Å². The van der Waals surface area contributed by atoms with Crippen LogP contribution in [-0.2, 0) is 16.4 Å². The summed E-state index contributed by atoms with van der Waals surface area (Å²) >= 11 is 7.05. The first-order valence-electron chi connectivity index (χ1n) is 8.62. The zero-order valence-corrected chi connectivity index (χ0v) is 17.8. The van der Waals surface area contributed by atoms with E-state index < -0.39 is 20.7 Å². The van der Waals surface area contributed by atoms with E-state index in [0.29, 0.717) is 12.2 Å². The smallest absolute Gasteiger partial charge is 0.266 e. The molecule has 3 rings (SSSR count). The van der Waals surface area contributed by atoms with Gasteiger partial charge >= 0.3 is 0 Å². The Morgan fingerprint density at radius 2 is 2.00 bits per heavy atom. The Hall–Kier alpha value is -2.27. The molecule has 154 valence electrons. The van der Waals surface area contributed by atoms with Crippen molar-refractivity contribution in [1.82, 2.24) is 14.7 Å². The molecule has 0 bridgehead atoms. The number of sulfonamides is 1. The minimum atomic E-state index is -4.17. The van der Waals surface area contributed by atoms with Gasteiger partial charge in [-0.1, -0.05) is 41.9 Å². The topological polar surface area (TPSA) is 96.0 Å². The van der Waals surface area contributed by atoms with Gasteiger partial charge in [-0.05, 0) is 31.2 Å². The standard InChI is InChI=1S/C18H19ClFN5O2S2/c1-21-13(7-12-5-3-2-4-6-12)10-22-16-9-15(20)17(8-14(16)19)29(26,27)25-18-23-11-24-28-18/h2-6,8-9,11,13,21-22H,7,10H2,1H3,(H,23,24,25)/t13-/m0/s1. The van der Waals surface area contributed by atoms with E-state index in [4.69, 9.17) is 11.6 Å². The molecule has 0 spiro atoms. The quantitative estimate of drug-likeness (QED) is 0.458. The zero-order chi connectivity index (χ0) is 20.9. The molecule has 3 aromatic rings. The molecule has 3 N–H and O–H groups in total. The second-order valence-corrected chi connectivity index (χ2v) is 9.01. The first kappa shape index (κ1) is 21.4. The van der Waals surface area contributed by atoms with Crippen LogP contribution in [0, 0.1) is 5.82 Å². The number of hydrogen-bond donors (Lipinski definition) is 3. The first-order chi connectivity index (χ1) is 13.9. The van der Waals surface area contributed by atoms with Gasteiger partial charge in [-0.3, -0.25) is 4.72 Å². The molecule has 0 unspecified atom stereocenters. The molecule has 0 radical (unpaired) electrons. The predicted molar refractivity (Wildman–Crippen MR) is 114 cm³/mol. The molecule has 0 saturated heterocycles. The molecule has 7 nitrogen and oxygen atoms in total. The van der Waals surface area contributed by atoms with Gasteiger partial charge in [0.15, 0.2) is 0 Å². The minimum absolute atomic E-state index is 0.0421. The molecular weight excluding hydrogens is 437 g/mol. The molecular formula is C18H19ClFN5O2S2. The largest absolute Gasteiger partial charge is 0.382 e. The number of nitrogens with zero attached hydrogens (tertiary/aromatic N) is 2. The molecule has 0 aliphatic carbocycles. The number of hydrogen-bond acceptors (Lipinski definition) is 7. The van der Waals surface area contributed by atoms with E-state index in [1.54, 1.807) is 0 Å². The van der Waals surface area contributed by atoms with Gasteiger partial charge in [0.25, 0.3) is 10.0 Å². The summed E-state index contributed by atoms with van der Waals surface area (Å²) in [5.74, 6) is -0.919. The molecule has 1 aromatic heterocycles. The van der Waals surface area contributed by atoms with Crippen LogP contribution in [-0.4, -0.2) is 37.4 Å². The van der Waals surface area contributed by atoms with Gasteiger partial charge in [0, 0.05) is 24.1 Å². The van der Waals surface area contributed by atoms with E-state index in [9.17, 15) is 12.8 Å². The van der Waals surface area contributed by atoms with Crippen molar-refractivity contribution in [2.24, 2.45) is 0 Å². The summed E-state index contributed by atoms with van der Waals surface area (Å²) in [4.78, 5) is 3.17. The normalized spacial score (nSPS) is 12.5. The van der Waals surface area contributed by atoms with E-state index in [1.807, 2.05) is 37.4 Å². The van der Waals surface area contributed by atoms with Gasteiger partial charge in [0.1, 0.15) is 17.0 Å². The maximum atomic E-state index is 14.5. The van der Waals surface area contributed by atoms with Crippen LogP contribution in [0.4, 0.5) is 15.2 Å². The maximum Gasteiger partial charge on any atom is 0.266 e. The number of aromatic nitrogens is 2. The Labute approximate surface area is 177 Å². The summed E-state index contributed by atoms with van der Waals surface area (Å²) in [5.41, 5.74) is 1.47. The summed E-state index contributed by atoms with van der Waals surface area (Å²) in [6.45, 7) is 0.472. The maximum absolute atomic E-state index is 14.5. The molecule has 29 heavy (non-hydrogen) atoms. The molecule has 0 aliphatic heterocycles. The second kappa shape index (κ2) is 9.49. The number of halogens is 2. The zero-order valence-electron chi connectivity index (χ0n) is 15.4. The third kappa shape index (κ3) is 5.63. The summed E-state index contributed by atoms with van der Waals surface area (Å²) in [5, 5.41) is 6.42. The average molecular weight is 456 g/mol. The average Bonchev–Trinajstić information content (AvgIpc) is 3.20. The monoisotopic (exact) mass is 455 g/mol. The fourth-order valence-electron chi connectivity index (χ4n) is 2.67. The van der Waals surface area contributed by atoms with Crippen molar-refractivity contribution < 1.29 is 12.8 Å². The summed E-state index contributed by atoms with van der Waals surface area (Å²) < 4.78 is 45.2. The van der Waals surface area contributed by atoms with Crippen LogP contribution in [0.5, 0.6) is 0 Å². The van der Waals surface area contributed by atoms with Crippen LogP contribution in [0.1, 0.15) is 5.56 Å². The number of benzene rings is 2. The second-order valence-electron chi connectivity index (χ2n) is 6.17. The lowest BCUT2D eigenvalue weighted by molar-refractivity contribution is 0.569. The highest BCUT2D eigenvalue weighted by molar-refractivity contribution is 7.93. The van der Waals surface area contributed by atoms with Gasteiger partial charge in [-0.2, -0.15) is 4.37 Å². The molecule has 0 aliphatic rings. The summed E-state index contributed by atoms with van der Waals surface area (Å²) in [6, 6.07) is 12.2. The lowest BCUT2D eigenvalue weighted by Crippen LogP contribution is -2.34. The molecule has 0 saturated carbocycles. The van der Waals surface area contributed by atoms with Gasteiger partial charge in [-0.15, -0.1) is 0 Å². The molecule has 2 aromatic carbocycles. The Bertz CT molecular complexity index is 1050. The molecule has 1 heterocycles. The lowest BCUT2D eigenvalue weighted by Gasteiger charge is -2.19. The van der Waals surface area contributed by atoms with Crippen molar-refractivity contribution in [2.75, 3.05) is 23.6 Å². The van der Waals surface area contributed by atoms with Gasteiger partial charge in [0.2, 0.25) is 5.13 Å². The SMILES string of the molecule is CN[C@H](CNc1cc(F)c(S(=O)(=O)Nc2ncns2)cc1Cl)Cc1ccccc1. The highest BCUT2D eigenvalue weighted by atomic mass is 35.5. The fourth-order valence-corrected chi connectivity index (χ4v) is 4.71. The Morgan fingerprint density at radius 1 is 1.24 bits per heavy atom. The summed E-state index contributed by atoms with van der Waals surface area (Å²) in [7, 11) is -2.33. The molecule has 11 heteroatoms. The van der Waals surface area contributed by atoms with Gasteiger partial charge in [0.05, 0.1) is 10.7 Å². The third-order valence-corrected chi connectivity index (χ3v) is 6.54. The molecule has 0 amide bonds. The molecule has 0 fully saturated rings. The lowest BCUT2D eigenvalue weighted by atomic mass is 10.1. The predicted octanol–water partition coefficient (Wildman–Crippen LogP) is 3.37. The molecule has 1 atom stereocenters. The van der Waals surface area contributed by atoms with E-state index in [2.05, 4.69) is 24.7 Å². The number of rotatable bonds is 9. The number of anilines is 2. The van der Waals surface area contributed by atoms with Crippen LogP contribution >= 0.6 is 23.1 Å². The third-order valence-electron chi connectivity index (χ3n) is 4.17. The van der Waals surface area contributed by atoms with Gasteiger partial charge in [-0.25, -0.2) is 17.8 Å². The highest BCUT2D eigenvalue weighted by Gasteiger charge is 2.23. The highest BCUT2D eigenvalue weighted by Crippen LogP contribution is 2.29. The van der Waals surface area contributed by atoms with Crippen molar-refractivity contribution in [3.8, 4) is 0 Å². The Morgan fingerprint density at radius 3 is 2.66 bits per heavy atom.